The van der Waals surface area contributed by atoms with E-state index in [0.29, 0.717) is 49.5 Å². The average molecular weight is 436 g/mol. The minimum absolute atomic E-state index is 0.345. The molecule has 0 unspecified atom stereocenters. The number of hydrogen-bond acceptors (Lipinski definition) is 6. The van der Waals surface area contributed by atoms with Crippen LogP contribution in [-0.2, 0) is 5.75 Å². The summed E-state index contributed by atoms with van der Waals surface area (Å²) in [6.45, 7) is 0. The SMILES string of the molecule is Nn1c(SCc2coc(-c3cccc(F)c3)n2)nnc1-c1ccc(Cl)cc1Cl. The van der Waals surface area contributed by atoms with E-state index in [1.807, 2.05) is 0 Å². The number of halogens is 3. The van der Waals surface area contributed by atoms with Gasteiger partial charge in [-0.05, 0) is 36.4 Å². The fourth-order valence-corrected chi connectivity index (χ4v) is 3.72. The van der Waals surface area contributed by atoms with Crippen LogP contribution >= 0.6 is 35.0 Å². The van der Waals surface area contributed by atoms with E-state index in [1.165, 1.54) is 34.8 Å². The molecule has 0 saturated carbocycles. The molecule has 0 aliphatic heterocycles. The van der Waals surface area contributed by atoms with E-state index in [0.717, 1.165) is 0 Å². The number of benzene rings is 2. The number of hydrogen-bond donors (Lipinski definition) is 1. The normalized spacial score (nSPS) is 11.1. The monoisotopic (exact) mass is 435 g/mol. The van der Waals surface area contributed by atoms with Gasteiger partial charge in [-0.1, -0.05) is 41.0 Å². The first-order valence-corrected chi connectivity index (χ1v) is 9.74. The Labute approximate surface area is 173 Å². The van der Waals surface area contributed by atoms with Gasteiger partial charge >= 0.3 is 0 Å². The van der Waals surface area contributed by atoms with Gasteiger partial charge in [-0.25, -0.2) is 14.1 Å². The van der Waals surface area contributed by atoms with E-state index in [-0.39, 0.29) is 5.82 Å². The highest BCUT2D eigenvalue weighted by molar-refractivity contribution is 7.98. The summed E-state index contributed by atoms with van der Waals surface area (Å²) in [5, 5.41) is 9.64. The van der Waals surface area contributed by atoms with Gasteiger partial charge in [0.05, 0.1) is 10.7 Å². The zero-order chi connectivity index (χ0) is 19.7. The van der Waals surface area contributed by atoms with Crippen LogP contribution in [0.5, 0.6) is 0 Å². The highest BCUT2D eigenvalue weighted by Gasteiger charge is 2.16. The Bertz CT molecular complexity index is 1150. The zero-order valence-corrected chi connectivity index (χ0v) is 16.5. The van der Waals surface area contributed by atoms with Crippen LogP contribution < -0.4 is 5.84 Å². The van der Waals surface area contributed by atoms with Crippen molar-refractivity contribution in [3.8, 4) is 22.8 Å². The number of oxazole rings is 1. The molecule has 0 radical (unpaired) electrons. The topological polar surface area (TPSA) is 82.8 Å². The van der Waals surface area contributed by atoms with E-state index in [2.05, 4.69) is 15.2 Å². The van der Waals surface area contributed by atoms with Crippen molar-refractivity contribution in [2.75, 3.05) is 5.84 Å². The van der Waals surface area contributed by atoms with E-state index in [9.17, 15) is 4.39 Å². The first-order chi connectivity index (χ1) is 13.5. The number of nitrogen functional groups attached to an aromatic ring is 1. The highest BCUT2D eigenvalue weighted by Crippen LogP contribution is 2.31. The predicted molar refractivity (Wildman–Crippen MR) is 107 cm³/mol. The summed E-state index contributed by atoms with van der Waals surface area (Å²) in [6.07, 6.45) is 1.52. The molecule has 2 aromatic heterocycles. The number of nitrogens with zero attached hydrogens (tertiary/aromatic N) is 4. The maximum Gasteiger partial charge on any atom is 0.226 e. The second kappa shape index (κ2) is 7.83. The molecule has 2 N–H and O–H groups in total. The van der Waals surface area contributed by atoms with Crippen molar-refractivity contribution in [1.29, 1.82) is 0 Å². The van der Waals surface area contributed by atoms with Crippen LogP contribution in [0.25, 0.3) is 22.8 Å². The lowest BCUT2D eigenvalue weighted by atomic mass is 10.2. The van der Waals surface area contributed by atoms with Crippen LogP contribution in [0.1, 0.15) is 5.69 Å². The molecule has 4 rings (SSSR count). The molecule has 0 amide bonds. The maximum atomic E-state index is 13.3. The Hall–Kier alpha value is -2.55. The molecule has 0 atom stereocenters. The Morgan fingerprint density at radius 2 is 2.00 bits per heavy atom. The number of nitrogens with two attached hydrogens (primary N) is 1. The third-order valence-electron chi connectivity index (χ3n) is 3.81. The summed E-state index contributed by atoms with van der Waals surface area (Å²) < 4.78 is 20.1. The van der Waals surface area contributed by atoms with Crippen molar-refractivity contribution < 1.29 is 8.81 Å². The molecule has 28 heavy (non-hydrogen) atoms. The molecule has 6 nitrogen and oxygen atoms in total. The molecule has 4 aromatic rings. The molecule has 2 heterocycles. The third-order valence-corrected chi connectivity index (χ3v) is 5.33. The third kappa shape index (κ3) is 3.84. The van der Waals surface area contributed by atoms with Crippen LogP contribution in [0.2, 0.25) is 10.0 Å². The molecular weight excluding hydrogens is 424 g/mol. The van der Waals surface area contributed by atoms with Gasteiger partial charge in [-0.3, -0.25) is 0 Å². The van der Waals surface area contributed by atoms with Crippen molar-refractivity contribution in [3.63, 3.8) is 0 Å². The fraction of sp³-hybridized carbons (Fsp3) is 0.0556. The second-order valence-electron chi connectivity index (χ2n) is 5.74. The zero-order valence-electron chi connectivity index (χ0n) is 14.1. The van der Waals surface area contributed by atoms with Crippen LogP contribution in [0.15, 0.2) is 58.3 Å². The van der Waals surface area contributed by atoms with Gasteiger partial charge in [0.1, 0.15) is 12.1 Å². The molecule has 2 aromatic carbocycles. The van der Waals surface area contributed by atoms with Gasteiger partial charge in [0.25, 0.3) is 0 Å². The van der Waals surface area contributed by atoms with Crippen molar-refractivity contribution in [2.24, 2.45) is 0 Å². The largest absolute Gasteiger partial charge is 0.444 e. The van der Waals surface area contributed by atoms with Crippen molar-refractivity contribution in [2.45, 2.75) is 10.9 Å². The lowest BCUT2D eigenvalue weighted by Crippen LogP contribution is -2.11. The second-order valence-corrected chi connectivity index (χ2v) is 7.53. The maximum absolute atomic E-state index is 13.3. The van der Waals surface area contributed by atoms with Crippen molar-refractivity contribution >= 4 is 35.0 Å². The molecule has 0 aliphatic carbocycles. The van der Waals surface area contributed by atoms with Gasteiger partial charge in [-0.15, -0.1) is 10.2 Å². The van der Waals surface area contributed by atoms with E-state index >= 15 is 0 Å². The Kier molecular flexibility index (Phi) is 5.25. The Morgan fingerprint density at radius 1 is 1.14 bits per heavy atom. The van der Waals surface area contributed by atoms with Crippen LogP contribution in [0.4, 0.5) is 4.39 Å². The summed E-state index contributed by atoms with van der Waals surface area (Å²) in [6, 6.07) is 11.1. The lowest BCUT2D eigenvalue weighted by molar-refractivity contribution is 0.571. The Morgan fingerprint density at radius 3 is 2.79 bits per heavy atom. The molecule has 0 fully saturated rings. The number of rotatable bonds is 5. The molecule has 0 aliphatic rings. The van der Waals surface area contributed by atoms with Gasteiger partial charge in [0.2, 0.25) is 11.0 Å². The quantitative estimate of drug-likeness (QED) is 0.348. The van der Waals surface area contributed by atoms with Crippen molar-refractivity contribution in [1.82, 2.24) is 19.9 Å². The highest BCUT2D eigenvalue weighted by atomic mass is 35.5. The van der Waals surface area contributed by atoms with Gasteiger partial charge in [-0.2, -0.15) is 0 Å². The molecule has 0 bridgehead atoms. The fourth-order valence-electron chi connectivity index (χ4n) is 2.50. The minimum Gasteiger partial charge on any atom is -0.444 e. The summed E-state index contributed by atoms with van der Waals surface area (Å²) in [5.74, 6) is 6.98. The van der Waals surface area contributed by atoms with Crippen LogP contribution in [0.3, 0.4) is 0 Å². The number of aromatic nitrogens is 4. The molecule has 10 heteroatoms. The van der Waals surface area contributed by atoms with E-state index in [1.54, 1.807) is 30.3 Å². The smallest absolute Gasteiger partial charge is 0.226 e. The summed E-state index contributed by atoms with van der Waals surface area (Å²) in [7, 11) is 0. The van der Waals surface area contributed by atoms with Crippen LogP contribution in [-0.4, -0.2) is 19.9 Å². The van der Waals surface area contributed by atoms with Crippen LogP contribution in [0, 0.1) is 5.82 Å². The van der Waals surface area contributed by atoms with Gasteiger partial charge in [0.15, 0.2) is 5.82 Å². The molecule has 0 saturated heterocycles. The molecule has 0 spiro atoms. The standard InChI is InChI=1S/C18H12Cl2FN5OS/c19-11-4-5-14(15(20)7-11)16-24-25-18(26(16)22)28-9-13-8-27-17(23-13)10-2-1-3-12(21)6-10/h1-8H,9,22H2. The van der Waals surface area contributed by atoms with Gasteiger partial charge in [0, 0.05) is 21.9 Å². The molecular formula is C18H12Cl2FN5OS. The summed E-state index contributed by atoms with van der Waals surface area (Å²) >= 11 is 13.5. The summed E-state index contributed by atoms with van der Waals surface area (Å²) in [5.41, 5.74) is 1.86. The summed E-state index contributed by atoms with van der Waals surface area (Å²) in [4.78, 5) is 4.37. The predicted octanol–water partition coefficient (Wildman–Crippen LogP) is 5.05. The van der Waals surface area contributed by atoms with E-state index in [4.69, 9.17) is 33.5 Å². The minimum atomic E-state index is -0.351. The van der Waals surface area contributed by atoms with E-state index < -0.39 is 0 Å². The number of thioether (sulfide) groups is 1. The molecule has 142 valence electrons. The first kappa shape index (κ1) is 18.8. The Balaban J connectivity index is 1.50. The lowest BCUT2D eigenvalue weighted by Gasteiger charge is -2.05. The average Bonchev–Trinajstić information content (AvgIpc) is 3.27. The first-order valence-electron chi connectivity index (χ1n) is 8.00. The van der Waals surface area contributed by atoms with Crippen molar-refractivity contribution in [3.05, 3.63) is 70.3 Å². The van der Waals surface area contributed by atoms with Gasteiger partial charge < -0.3 is 10.3 Å².